The Kier molecular flexibility index (Phi) is 4.78. The van der Waals surface area contributed by atoms with Crippen LogP contribution in [0.5, 0.6) is 0 Å². The van der Waals surface area contributed by atoms with Gasteiger partial charge in [-0.25, -0.2) is 9.88 Å². The van der Waals surface area contributed by atoms with Crippen molar-refractivity contribution < 1.29 is 32.4 Å². The maximum absolute atomic E-state index is 13.5. The van der Waals surface area contributed by atoms with Gasteiger partial charge in [0.1, 0.15) is 6.20 Å². The van der Waals surface area contributed by atoms with Crippen molar-refractivity contribution in [3.05, 3.63) is 45.6 Å². The zero-order valence-corrected chi connectivity index (χ0v) is 19.0. The molecule has 0 saturated carbocycles. The summed E-state index contributed by atoms with van der Waals surface area (Å²) in [5.41, 5.74) is -4.51. The van der Waals surface area contributed by atoms with Crippen LogP contribution in [-0.2, 0) is 20.5 Å². The summed E-state index contributed by atoms with van der Waals surface area (Å²) in [6.07, 6.45) is -3.72. The highest BCUT2D eigenvalue weighted by Crippen LogP contribution is 2.56. The first-order chi connectivity index (χ1) is 16.3. The zero-order valence-electron chi connectivity index (χ0n) is 18.2. The molecule has 2 bridgehead atoms. The summed E-state index contributed by atoms with van der Waals surface area (Å²) in [7, 11) is 0. The molecule has 4 heterocycles. The van der Waals surface area contributed by atoms with E-state index in [0.29, 0.717) is 11.2 Å². The van der Waals surface area contributed by atoms with Gasteiger partial charge >= 0.3 is 11.2 Å². The number of benzene rings is 1. The predicted octanol–water partition coefficient (Wildman–Crippen LogP) is 3.12. The lowest BCUT2D eigenvalue weighted by Gasteiger charge is -2.44. The number of fused-ring (bicyclic) bond motifs is 5. The van der Waals surface area contributed by atoms with Gasteiger partial charge in [-0.2, -0.15) is 18.4 Å². The Morgan fingerprint density at radius 1 is 1.23 bits per heavy atom. The molecule has 0 aliphatic carbocycles. The van der Waals surface area contributed by atoms with Crippen LogP contribution in [0.3, 0.4) is 0 Å². The molecule has 0 N–H and O–H groups in total. The van der Waals surface area contributed by atoms with Gasteiger partial charge in [0.05, 0.1) is 50.8 Å². The van der Waals surface area contributed by atoms with E-state index in [0.717, 1.165) is 34.6 Å². The van der Waals surface area contributed by atoms with E-state index in [1.54, 1.807) is 18.7 Å². The second kappa shape index (κ2) is 7.22. The normalized spacial score (nSPS) is 29.9. The Morgan fingerprint density at radius 2 is 1.83 bits per heavy atom. The molecule has 4 atom stereocenters. The number of rotatable bonds is 3. The minimum absolute atomic E-state index is 0.0997. The first-order valence-electron chi connectivity index (χ1n) is 10.3. The number of hydrogen-bond donors (Lipinski definition) is 0. The average Bonchev–Trinajstić information content (AvgIpc) is 3.40. The number of hydrogen-bond acceptors (Lipinski definition) is 9. The van der Waals surface area contributed by atoms with E-state index >= 15 is 0 Å². The van der Waals surface area contributed by atoms with Gasteiger partial charge in [0.25, 0.3) is 0 Å². The second-order valence-corrected chi connectivity index (χ2v) is 10.1. The lowest BCUT2D eigenvalue weighted by Crippen LogP contribution is -2.58. The van der Waals surface area contributed by atoms with E-state index in [9.17, 15) is 32.9 Å². The first-order valence-corrected chi connectivity index (χ1v) is 11.2. The van der Waals surface area contributed by atoms with Crippen LogP contribution in [0, 0.1) is 33.3 Å². The molecule has 182 valence electrons. The lowest BCUT2D eigenvalue weighted by molar-refractivity contribution is -0.380. The highest BCUT2D eigenvalue weighted by Gasteiger charge is 2.72. The third-order valence-electron chi connectivity index (χ3n) is 6.72. The number of morpholine rings is 1. The van der Waals surface area contributed by atoms with E-state index in [-0.39, 0.29) is 23.8 Å². The third-order valence-corrected chi connectivity index (χ3v) is 7.73. The van der Waals surface area contributed by atoms with Gasteiger partial charge in [0.2, 0.25) is 11.8 Å². The summed E-state index contributed by atoms with van der Waals surface area (Å²) in [6, 6.07) is 4.19. The molecule has 35 heavy (non-hydrogen) atoms. The summed E-state index contributed by atoms with van der Waals surface area (Å²) in [6.45, 7) is 3.47. The zero-order chi connectivity index (χ0) is 25.5. The quantitative estimate of drug-likeness (QED) is 0.352. The number of nitro groups is 1. The molecule has 3 saturated heterocycles. The summed E-state index contributed by atoms with van der Waals surface area (Å²) in [4.78, 5) is 44.1. The average molecular weight is 507 g/mol. The van der Waals surface area contributed by atoms with Crippen molar-refractivity contribution in [1.29, 1.82) is 5.26 Å². The number of halogens is 3. The molecule has 0 spiro atoms. The SMILES string of the molecule is CC12CN(c3ncc([N+](=O)[O-])s3)CC(C)(O1)C1C(=O)N(c3ccc(C#N)c(C(F)(F)F)c3)C(=O)C12. The predicted molar refractivity (Wildman–Crippen MR) is 115 cm³/mol. The number of thiazole rings is 1. The first kappa shape index (κ1) is 23.2. The topological polar surface area (TPSA) is 130 Å². The molecule has 10 nitrogen and oxygen atoms in total. The maximum Gasteiger partial charge on any atom is 0.417 e. The number of imide groups is 1. The highest BCUT2D eigenvalue weighted by molar-refractivity contribution is 7.18. The molecule has 1 aromatic carbocycles. The molecule has 1 aromatic heterocycles. The van der Waals surface area contributed by atoms with Crippen molar-refractivity contribution in [2.75, 3.05) is 22.9 Å². The number of carbonyl (C=O) groups is 2. The van der Waals surface area contributed by atoms with Crippen LogP contribution in [0.1, 0.15) is 25.0 Å². The minimum Gasteiger partial charge on any atom is -0.364 e. The van der Waals surface area contributed by atoms with Gasteiger partial charge in [-0.1, -0.05) is 0 Å². The van der Waals surface area contributed by atoms with Crippen molar-refractivity contribution in [3.8, 4) is 6.07 Å². The number of anilines is 2. The van der Waals surface area contributed by atoms with E-state index in [2.05, 4.69) is 4.98 Å². The number of amides is 2. The Hall–Kier alpha value is -3.57. The number of alkyl halides is 3. The van der Waals surface area contributed by atoms with Crippen LogP contribution < -0.4 is 9.80 Å². The van der Waals surface area contributed by atoms with E-state index in [1.807, 2.05) is 0 Å². The summed E-state index contributed by atoms with van der Waals surface area (Å²) in [5, 5.41) is 20.3. The fourth-order valence-electron chi connectivity index (χ4n) is 5.51. The Bertz CT molecular complexity index is 1300. The van der Waals surface area contributed by atoms with Crippen molar-refractivity contribution >= 4 is 39.0 Å². The van der Waals surface area contributed by atoms with Crippen LogP contribution in [0.2, 0.25) is 0 Å². The van der Waals surface area contributed by atoms with Crippen LogP contribution in [0.15, 0.2) is 24.4 Å². The Morgan fingerprint density at radius 3 is 2.31 bits per heavy atom. The minimum atomic E-state index is -4.85. The van der Waals surface area contributed by atoms with Gasteiger partial charge in [0.15, 0.2) is 5.13 Å². The van der Waals surface area contributed by atoms with E-state index < -0.39 is 57.1 Å². The highest BCUT2D eigenvalue weighted by atomic mass is 32.1. The Balaban J connectivity index is 1.52. The number of nitrogens with zero attached hydrogens (tertiary/aromatic N) is 5. The number of carbonyl (C=O) groups excluding carboxylic acids is 2. The van der Waals surface area contributed by atoms with Crippen LogP contribution in [-0.4, -0.2) is 46.0 Å². The summed E-state index contributed by atoms with van der Waals surface area (Å²) in [5.74, 6) is -3.36. The largest absolute Gasteiger partial charge is 0.417 e. The molecule has 0 radical (unpaired) electrons. The van der Waals surface area contributed by atoms with Crippen molar-refractivity contribution in [2.45, 2.75) is 31.2 Å². The molecule has 3 aliphatic heterocycles. The van der Waals surface area contributed by atoms with Gasteiger partial charge < -0.3 is 9.64 Å². The van der Waals surface area contributed by atoms with Gasteiger partial charge in [-0.3, -0.25) is 19.7 Å². The molecule has 2 amide bonds. The molecule has 2 aromatic rings. The van der Waals surface area contributed by atoms with Gasteiger partial charge in [-0.15, -0.1) is 0 Å². The molecular weight excluding hydrogens is 491 g/mol. The Labute approximate surface area is 199 Å². The van der Waals surface area contributed by atoms with Gasteiger partial charge in [-0.05, 0) is 43.4 Å². The second-order valence-electron chi connectivity index (χ2n) is 9.13. The molecular formula is C21H16F3N5O5S. The summed E-state index contributed by atoms with van der Waals surface area (Å²) >= 11 is 0.858. The molecule has 14 heteroatoms. The van der Waals surface area contributed by atoms with Crippen molar-refractivity contribution in [2.24, 2.45) is 11.8 Å². The third kappa shape index (κ3) is 3.29. The van der Waals surface area contributed by atoms with Crippen LogP contribution >= 0.6 is 11.3 Å². The fraction of sp³-hybridized carbons (Fsp3) is 0.429. The maximum atomic E-state index is 13.5. The molecule has 3 fully saturated rings. The van der Waals surface area contributed by atoms with E-state index in [4.69, 9.17) is 10.00 Å². The number of aromatic nitrogens is 1. The summed E-state index contributed by atoms with van der Waals surface area (Å²) < 4.78 is 46.6. The van der Waals surface area contributed by atoms with Gasteiger partial charge in [0, 0.05) is 13.1 Å². The smallest absolute Gasteiger partial charge is 0.364 e. The van der Waals surface area contributed by atoms with E-state index in [1.165, 1.54) is 6.07 Å². The van der Waals surface area contributed by atoms with Crippen LogP contribution in [0.25, 0.3) is 0 Å². The fourth-order valence-corrected chi connectivity index (χ4v) is 6.25. The monoisotopic (exact) mass is 507 g/mol. The van der Waals surface area contributed by atoms with Crippen LogP contribution in [0.4, 0.5) is 29.0 Å². The van der Waals surface area contributed by atoms with Crippen molar-refractivity contribution in [3.63, 3.8) is 0 Å². The molecule has 3 aliphatic rings. The molecule has 4 unspecified atom stereocenters. The number of nitriles is 1. The number of ether oxygens (including phenoxy) is 1. The van der Waals surface area contributed by atoms with Crippen molar-refractivity contribution in [1.82, 2.24) is 4.98 Å². The molecule has 5 rings (SSSR count). The standard InChI is InChI=1S/C21H16F3N5O5S/c1-19-8-27(18-26-7-13(35-18)29(32)33)9-20(2,34-19)15-14(19)16(30)28(17(15)31)11-4-3-10(6-25)12(5-11)21(22,23)24/h3-5,7,14-15H,8-9H2,1-2H3. The lowest BCUT2D eigenvalue weighted by atomic mass is 9.79.